The lowest BCUT2D eigenvalue weighted by molar-refractivity contribution is 0.0583. The van der Waals surface area contributed by atoms with Gasteiger partial charge >= 0.3 is 0 Å². The number of amides is 1. The summed E-state index contributed by atoms with van der Waals surface area (Å²) in [5.74, 6) is 0.576. The van der Waals surface area contributed by atoms with Gasteiger partial charge in [-0.25, -0.2) is 9.49 Å². The first-order valence-electron chi connectivity index (χ1n) is 11.4. The number of benzene rings is 2. The number of H-pyrrole nitrogens is 1. The van der Waals surface area contributed by atoms with Crippen molar-refractivity contribution in [1.29, 1.82) is 0 Å². The summed E-state index contributed by atoms with van der Waals surface area (Å²) in [5.41, 5.74) is 1.13. The fraction of sp³-hybridized carbons (Fsp3) is 0.320. The van der Waals surface area contributed by atoms with Gasteiger partial charge in [0.15, 0.2) is 5.82 Å². The van der Waals surface area contributed by atoms with Crippen molar-refractivity contribution in [3.8, 4) is 0 Å². The molecule has 34 heavy (non-hydrogen) atoms. The Balaban J connectivity index is 1.49. The molecule has 0 saturated carbocycles. The number of nitrogens with one attached hydrogen (secondary N) is 1. The molecule has 2 atom stereocenters. The fourth-order valence-corrected chi connectivity index (χ4v) is 4.80. The zero-order valence-electron chi connectivity index (χ0n) is 19.2. The van der Waals surface area contributed by atoms with Crippen molar-refractivity contribution in [2.24, 2.45) is 0 Å². The molecular weight excluding hydrogens is 435 g/mol. The van der Waals surface area contributed by atoms with E-state index in [9.17, 15) is 14.0 Å². The number of aromatic nitrogens is 5. The van der Waals surface area contributed by atoms with Gasteiger partial charge in [0.2, 0.25) is 0 Å². The maximum Gasteiger partial charge on any atom is 0.272 e. The second-order valence-corrected chi connectivity index (χ2v) is 8.71. The lowest BCUT2D eigenvalue weighted by Gasteiger charge is -2.38. The van der Waals surface area contributed by atoms with Gasteiger partial charge in [-0.2, -0.15) is 5.10 Å². The first kappa shape index (κ1) is 21.9. The molecule has 0 fully saturated rings. The molecule has 0 saturated heterocycles. The molecule has 174 valence electrons. The molecule has 4 aromatic rings. The van der Waals surface area contributed by atoms with Gasteiger partial charge in [-0.05, 0) is 44.0 Å². The molecule has 3 heterocycles. The van der Waals surface area contributed by atoms with E-state index in [1.165, 1.54) is 6.07 Å². The Morgan fingerprint density at radius 2 is 1.94 bits per heavy atom. The van der Waals surface area contributed by atoms with Gasteiger partial charge in [0, 0.05) is 18.4 Å². The van der Waals surface area contributed by atoms with Crippen molar-refractivity contribution < 1.29 is 9.18 Å². The number of nitrogens with zero attached hydrogens (tertiary/aromatic N) is 5. The van der Waals surface area contributed by atoms with Crippen LogP contribution in [-0.4, -0.2) is 42.3 Å². The molecule has 1 aliphatic heterocycles. The second kappa shape index (κ2) is 8.48. The minimum Gasteiger partial charge on any atom is -0.326 e. The van der Waals surface area contributed by atoms with Crippen molar-refractivity contribution in [1.82, 2.24) is 29.9 Å². The summed E-state index contributed by atoms with van der Waals surface area (Å²) >= 11 is 0. The Hall–Kier alpha value is -3.88. The van der Waals surface area contributed by atoms with Gasteiger partial charge in [0.05, 0.1) is 28.7 Å². The van der Waals surface area contributed by atoms with Gasteiger partial charge < -0.3 is 9.47 Å². The van der Waals surface area contributed by atoms with Crippen LogP contribution in [0.3, 0.4) is 0 Å². The molecule has 8 nitrogen and oxygen atoms in total. The number of carbonyl (C=O) groups excluding carboxylic acids is 1. The number of halogens is 1. The Kier molecular flexibility index (Phi) is 5.47. The van der Waals surface area contributed by atoms with E-state index in [0.717, 1.165) is 23.2 Å². The molecule has 9 heteroatoms. The van der Waals surface area contributed by atoms with Crippen LogP contribution in [0.5, 0.6) is 0 Å². The lowest BCUT2D eigenvalue weighted by atomic mass is 10.0. The predicted octanol–water partition coefficient (Wildman–Crippen LogP) is 3.72. The van der Waals surface area contributed by atoms with Crippen molar-refractivity contribution in [2.75, 3.05) is 6.54 Å². The monoisotopic (exact) mass is 460 g/mol. The van der Waals surface area contributed by atoms with Gasteiger partial charge in [0.25, 0.3) is 11.5 Å². The van der Waals surface area contributed by atoms with Crippen LogP contribution in [0.4, 0.5) is 4.39 Å². The number of aryl methyl sites for hydroxylation is 1. The highest BCUT2D eigenvalue weighted by atomic mass is 19.1. The maximum atomic E-state index is 14.9. The van der Waals surface area contributed by atoms with E-state index in [1.54, 1.807) is 29.2 Å². The van der Waals surface area contributed by atoms with Gasteiger partial charge in [-0.15, -0.1) is 10.2 Å². The van der Waals surface area contributed by atoms with E-state index < -0.39 is 5.82 Å². The largest absolute Gasteiger partial charge is 0.326 e. The summed E-state index contributed by atoms with van der Waals surface area (Å²) in [5, 5.41) is 16.5. The van der Waals surface area contributed by atoms with Gasteiger partial charge in [-0.1, -0.05) is 31.2 Å². The number of aromatic amines is 1. The normalized spacial score (nSPS) is 17.7. The van der Waals surface area contributed by atoms with Crippen LogP contribution in [0.2, 0.25) is 0 Å². The average Bonchev–Trinajstić information content (AvgIpc) is 3.24. The van der Waals surface area contributed by atoms with E-state index in [2.05, 4.69) is 31.9 Å². The fourth-order valence-electron chi connectivity index (χ4n) is 4.80. The molecule has 2 aromatic carbocycles. The summed E-state index contributed by atoms with van der Waals surface area (Å²) in [7, 11) is 0. The summed E-state index contributed by atoms with van der Waals surface area (Å²) in [6, 6.07) is 11.4. The average molecular weight is 461 g/mol. The summed E-state index contributed by atoms with van der Waals surface area (Å²) in [4.78, 5) is 27.3. The third-order valence-electron chi connectivity index (χ3n) is 6.65. The molecule has 0 aliphatic carbocycles. The smallest absolute Gasteiger partial charge is 0.272 e. The highest BCUT2D eigenvalue weighted by molar-refractivity contribution is 5.95. The van der Waals surface area contributed by atoms with E-state index in [0.29, 0.717) is 29.9 Å². The zero-order valence-corrected chi connectivity index (χ0v) is 19.2. The Morgan fingerprint density at radius 1 is 1.18 bits per heavy atom. The van der Waals surface area contributed by atoms with Crippen LogP contribution in [0.25, 0.3) is 10.8 Å². The molecular formula is C25H25FN6O2. The van der Waals surface area contributed by atoms with Crippen LogP contribution < -0.4 is 5.56 Å². The maximum absolute atomic E-state index is 14.9. The molecule has 1 amide bonds. The van der Waals surface area contributed by atoms with Crippen LogP contribution in [0.15, 0.2) is 47.3 Å². The number of carbonyl (C=O) groups is 1. The van der Waals surface area contributed by atoms with Crippen LogP contribution in [-0.2, 0) is 6.42 Å². The SMILES string of the molecule is CCC1CN(C(=O)c2cc(Cc3n[nH]c(=O)c4ccccc34)ccc2F)C(C)c2nnc(C)n21. The Morgan fingerprint density at radius 3 is 2.71 bits per heavy atom. The number of hydrogen-bond acceptors (Lipinski definition) is 5. The first-order chi connectivity index (χ1) is 16.4. The third-order valence-corrected chi connectivity index (χ3v) is 6.65. The molecule has 0 spiro atoms. The van der Waals surface area contributed by atoms with E-state index in [4.69, 9.17) is 0 Å². The summed E-state index contributed by atoms with van der Waals surface area (Å²) in [6.45, 7) is 6.30. The second-order valence-electron chi connectivity index (χ2n) is 8.71. The van der Waals surface area contributed by atoms with Crippen LogP contribution in [0.1, 0.15) is 65.6 Å². The van der Waals surface area contributed by atoms with Gasteiger partial charge in [-0.3, -0.25) is 9.59 Å². The molecule has 0 radical (unpaired) electrons. The summed E-state index contributed by atoms with van der Waals surface area (Å²) < 4.78 is 17.0. The quantitative estimate of drug-likeness (QED) is 0.501. The minimum absolute atomic E-state index is 0.0117. The highest BCUT2D eigenvalue weighted by Crippen LogP contribution is 2.33. The molecule has 2 unspecified atom stereocenters. The minimum atomic E-state index is -0.573. The van der Waals surface area contributed by atoms with E-state index in [-0.39, 0.29) is 29.1 Å². The van der Waals surface area contributed by atoms with Crippen LogP contribution in [0, 0.1) is 12.7 Å². The molecule has 2 aromatic heterocycles. The zero-order chi connectivity index (χ0) is 24.0. The van der Waals surface area contributed by atoms with E-state index >= 15 is 0 Å². The first-order valence-corrected chi connectivity index (χ1v) is 11.4. The van der Waals surface area contributed by atoms with Gasteiger partial charge in [0.1, 0.15) is 11.6 Å². The molecule has 1 N–H and O–H groups in total. The van der Waals surface area contributed by atoms with Crippen molar-refractivity contribution in [3.05, 3.63) is 87.1 Å². The van der Waals surface area contributed by atoms with Crippen molar-refractivity contribution >= 4 is 16.7 Å². The van der Waals surface area contributed by atoms with E-state index in [1.807, 2.05) is 26.0 Å². The molecule has 0 bridgehead atoms. The summed E-state index contributed by atoms with van der Waals surface area (Å²) in [6.07, 6.45) is 1.15. The Bertz CT molecular complexity index is 1460. The highest BCUT2D eigenvalue weighted by Gasteiger charge is 2.36. The molecule has 1 aliphatic rings. The van der Waals surface area contributed by atoms with Crippen LogP contribution >= 0.6 is 0 Å². The lowest BCUT2D eigenvalue weighted by Crippen LogP contribution is -2.44. The number of hydrogen-bond donors (Lipinski definition) is 1. The topological polar surface area (TPSA) is 96.8 Å². The van der Waals surface area contributed by atoms with Crippen molar-refractivity contribution in [3.63, 3.8) is 0 Å². The van der Waals surface area contributed by atoms with Crippen molar-refractivity contribution in [2.45, 2.75) is 45.7 Å². The Labute approximate surface area is 195 Å². The molecule has 5 rings (SSSR count). The standard InChI is InChI=1S/C25H25FN6O2/c1-4-17-13-31(14(2)23-29-27-15(3)32(17)23)25(34)20-11-16(9-10-21(20)26)12-22-18-7-5-6-8-19(18)24(33)30-28-22/h5-11,14,17H,4,12-13H2,1-3H3,(H,30,33). The number of fused-ring (bicyclic) bond motifs is 2. The third kappa shape index (κ3) is 3.57. The predicted molar refractivity (Wildman–Crippen MR) is 125 cm³/mol. The number of rotatable bonds is 4.